The van der Waals surface area contributed by atoms with E-state index >= 15 is 0 Å². The van der Waals surface area contributed by atoms with Crippen LogP contribution in [0.1, 0.15) is 5.56 Å². The van der Waals surface area contributed by atoms with Gasteiger partial charge in [-0.15, -0.1) is 5.11 Å². The third-order valence-corrected chi connectivity index (χ3v) is 5.04. The summed E-state index contributed by atoms with van der Waals surface area (Å²) in [7, 11) is -1.15. The number of phenols is 1. The molecule has 0 aliphatic heterocycles. The molecular weight excluding hydrogens is 473 g/mol. The Morgan fingerprint density at radius 2 is 1.79 bits per heavy atom. The smallest absolute Gasteiger partial charge is 0.322 e. The third kappa shape index (κ3) is 8.18. The molecule has 175 valence electrons. The summed E-state index contributed by atoms with van der Waals surface area (Å²) in [5.74, 6) is -0.0915. The summed E-state index contributed by atoms with van der Waals surface area (Å²) in [6.07, 6.45) is 0. The van der Waals surface area contributed by atoms with Gasteiger partial charge in [0.1, 0.15) is 11.4 Å². The molecule has 0 atom stereocenters. The van der Waals surface area contributed by atoms with E-state index in [0.717, 1.165) is 5.56 Å². The van der Waals surface area contributed by atoms with E-state index in [1.54, 1.807) is 49.5 Å². The molecule has 3 aromatic rings. The van der Waals surface area contributed by atoms with Crippen LogP contribution in [0.3, 0.4) is 0 Å². The van der Waals surface area contributed by atoms with Crippen molar-refractivity contribution in [3.63, 3.8) is 0 Å². The van der Waals surface area contributed by atoms with E-state index in [-0.39, 0.29) is 59.8 Å². The maximum absolute atomic E-state index is 11.0. The normalized spacial score (nSPS) is 11.2. The van der Waals surface area contributed by atoms with Gasteiger partial charge in [0.2, 0.25) is 11.9 Å². The van der Waals surface area contributed by atoms with Gasteiger partial charge >= 0.3 is 6.01 Å². The minimum atomic E-state index is -4.12. The zero-order valence-electron chi connectivity index (χ0n) is 19.2. The molecule has 1 aromatic heterocycles. The maximum atomic E-state index is 11.0. The van der Waals surface area contributed by atoms with Gasteiger partial charge in [0.15, 0.2) is 0 Å². The van der Waals surface area contributed by atoms with E-state index in [0.29, 0.717) is 17.1 Å². The first kappa shape index (κ1) is 27.4. The molecule has 0 spiro atoms. The Bertz CT molecular complexity index is 1260. The van der Waals surface area contributed by atoms with Gasteiger partial charge in [-0.25, -0.2) is 0 Å². The fourth-order valence-corrected chi connectivity index (χ4v) is 3.09. The number of benzene rings is 2. The third-order valence-electron chi connectivity index (χ3n) is 4.34. The first-order valence-corrected chi connectivity index (χ1v) is 11.3. The standard InChI is InChI=1S/C20H23N7O5S.Na/c1-13-4-9-17(28)16(12-13)26-25-15-7-5-14(6-8-15)21-18-22-19(24-20(23-18)32-3)27(2)10-11-33(29,30)31;/h4-9,12,28H,10-11H2,1-3H3,(H,29,30,31)(H,21,22,23,24);. The van der Waals surface area contributed by atoms with Crippen molar-refractivity contribution in [1.29, 1.82) is 0 Å². The molecule has 0 amide bonds. The second kappa shape index (κ2) is 12.0. The molecule has 2 aromatic carbocycles. The Kier molecular flexibility index (Phi) is 9.70. The fourth-order valence-electron chi connectivity index (χ4n) is 2.58. The topological polar surface area (TPSA) is 162 Å². The number of nitrogens with zero attached hydrogens (tertiary/aromatic N) is 6. The summed E-state index contributed by atoms with van der Waals surface area (Å²) in [4.78, 5) is 13.9. The van der Waals surface area contributed by atoms with Crippen molar-refractivity contribution in [3.05, 3.63) is 48.0 Å². The molecule has 0 fully saturated rings. The predicted octanol–water partition coefficient (Wildman–Crippen LogP) is 3.00. The number of rotatable bonds is 9. The Morgan fingerprint density at radius 3 is 2.44 bits per heavy atom. The quantitative estimate of drug-likeness (QED) is 0.228. The summed E-state index contributed by atoms with van der Waals surface area (Å²) in [6, 6.07) is 12.0. The molecule has 1 radical (unpaired) electrons. The molecule has 0 bridgehead atoms. The van der Waals surface area contributed by atoms with Crippen LogP contribution in [0.5, 0.6) is 11.8 Å². The van der Waals surface area contributed by atoms with Gasteiger partial charge in [0.05, 0.1) is 18.6 Å². The second-order valence-corrected chi connectivity index (χ2v) is 8.59. The Labute approximate surface area is 219 Å². The number of methoxy groups -OCH3 is 1. The molecule has 0 aliphatic carbocycles. The fraction of sp³-hybridized carbons (Fsp3) is 0.250. The van der Waals surface area contributed by atoms with Crippen molar-refractivity contribution in [2.45, 2.75) is 6.92 Å². The Hall–Kier alpha value is -2.84. The van der Waals surface area contributed by atoms with Crippen molar-refractivity contribution in [3.8, 4) is 11.8 Å². The van der Waals surface area contributed by atoms with Gasteiger partial charge < -0.3 is 20.1 Å². The van der Waals surface area contributed by atoms with Crippen molar-refractivity contribution >= 4 is 68.6 Å². The van der Waals surface area contributed by atoms with Crippen LogP contribution in [0.25, 0.3) is 0 Å². The van der Waals surface area contributed by atoms with Gasteiger partial charge in [-0.1, -0.05) is 6.07 Å². The number of hydrogen-bond acceptors (Lipinski definition) is 11. The molecule has 0 aliphatic rings. The number of nitrogens with one attached hydrogen (secondary N) is 1. The van der Waals surface area contributed by atoms with E-state index in [1.165, 1.54) is 12.0 Å². The number of ether oxygens (including phenoxy) is 1. The number of aromatic hydroxyl groups is 1. The molecule has 1 heterocycles. The number of aryl methyl sites for hydroxylation is 1. The van der Waals surface area contributed by atoms with Gasteiger partial charge in [0.25, 0.3) is 10.1 Å². The van der Waals surface area contributed by atoms with E-state index < -0.39 is 15.9 Å². The van der Waals surface area contributed by atoms with Crippen molar-refractivity contribution in [2.75, 3.05) is 36.7 Å². The minimum Gasteiger partial charge on any atom is -0.506 e. The molecule has 14 heteroatoms. The zero-order chi connectivity index (χ0) is 24.0. The summed E-state index contributed by atoms with van der Waals surface area (Å²) in [5, 5.41) is 21.1. The molecule has 12 nitrogen and oxygen atoms in total. The minimum absolute atomic E-state index is 0. The van der Waals surface area contributed by atoms with E-state index in [2.05, 4.69) is 30.5 Å². The number of aromatic nitrogens is 3. The summed E-state index contributed by atoms with van der Waals surface area (Å²) in [5.41, 5.74) is 2.55. The van der Waals surface area contributed by atoms with Crippen LogP contribution in [0.15, 0.2) is 52.7 Å². The zero-order valence-corrected chi connectivity index (χ0v) is 22.0. The molecule has 3 N–H and O–H groups in total. The predicted molar refractivity (Wildman–Crippen MR) is 129 cm³/mol. The van der Waals surface area contributed by atoms with Gasteiger partial charge in [-0.05, 0) is 48.9 Å². The molecule has 0 saturated carbocycles. The molecular formula is C20H23N7NaO5S. The van der Waals surface area contributed by atoms with Gasteiger partial charge in [0, 0.05) is 48.8 Å². The van der Waals surface area contributed by atoms with Crippen LogP contribution >= 0.6 is 0 Å². The van der Waals surface area contributed by atoms with Crippen LogP contribution in [0, 0.1) is 6.92 Å². The van der Waals surface area contributed by atoms with Crippen LogP contribution in [-0.4, -0.2) is 89.0 Å². The summed E-state index contributed by atoms with van der Waals surface area (Å²) >= 11 is 0. The van der Waals surface area contributed by atoms with Crippen molar-refractivity contribution in [1.82, 2.24) is 15.0 Å². The van der Waals surface area contributed by atoms with Crippen LogP contribution < -0.4 is 15.0 Å². The average molecular weight is 497 g/mol. The molecule has 0 unspecified atom stereocenters. The van der Waals surface area contributed by atoms with Crippen LogP contribution in [0.4, 0.5) is 29.0 Å². The van der Waals surface area contributed by atoms with Crippen molar-refractivity contribution in [2.24, 2.45) is 10.2 Å². The van der Waals surface area contributed by atoms with Crippen LogP contribution in [-0.2, 0) is 10.1 Å². The number of anilines is 3. The SMILES string of the molecule is COc1nc(Nc2ccc(N=Nc3cc(C)ccc3O)cc2)nc(N(C)CCS(=O)(=O)O)n1.[Na]. The first-order valence-electron chi connectivity index (χ1n) is 9.68. The maximum Gasteiger partial charge on any atom is 0.322 e. The number of azo groups is 1. The summed E-state index contributed by atoms with van der Waals surface area (Å²) < 4.78 is 36.0. The van der Waals surface area contributed by atoms with E-state index in [9.17, 15) is 13.5 Å². The first-order chi connectivity index (χ1) is 15.6. The summed E-state index contributed by atoms with van der Waals surface area (Å²) in [6.45, 7) is 1.87. The number of hydrogen-bond donors (Lipinski definition) is 3. The molecule has 3 rings (SSSR count). The van der Waals surface area contributed by atoms with Gasteiger partial charge in [-0.3, -0.25) is 4.55 Å². The largest absolute Gasteiger partial charge is 0.506 e. The Morgan fingerprint density at radius 1 is 1.09 bits per heavy atom. The van der Waals surface area contributed by atoms with E-state index in [4.69, 9.17) is 9.29 Å². The van der Waals surface area contributed by atoms with E-state index in [1.807, 2.05) is 6.92 Å². The number of phenolic OH excluding ortho intramolecular Hbond substituents is 1. The van der Waals surface area contributed by atoms with Gasteiger partial charge in [-0.2, -0.15) is 28.5 Å². The Balaban J connectivity index is 0.00000408. The second-order valence-electron chi connectivity index (χ2n) is 7.02. The average Bonchev–Trinajstić information content (AvgIpc) is 2.78. The molecule has 34 heavy (non-hydrogen) atoms. The molecule has 0 saturated heterocycles. The van der Waals surface area contributed by atoms with Crippen molar-refractivity contribution < 1.29 is 22.8 Å². The van der Waals surface area contributed by atoms with Crippen LogP contribution in [0.2, 0.25) is 0 Å². The monoisotopic (exact) mass is 496 g/mol.